The van der Waals surface area contributed by atoms with E-state index in [-0.39, 0.29) is 22.9 Å². The molecule has 0 aromatic heterocycles. The van der Waals surface area contributed by atoms with Gasteiger partial charge in [0.2, 0.25) is 10.0 Å². The zero-order valence-corrected chi connectivity index (χ0v) is 14.8. The summed E-state index contributed by atoms with van der Waals surface area (Å²) in [7, 11) is -3.53. The summed E-state index contributed by atoms with van der Waals surface area (Å²) >= 11 is 0. The van der Waals surface area contributed by atoms with E-state index in [1.165, 1.54) is 18.9 Å². The van der Waals surface area contributed by atoms with Crippen LogP contribution in [0.15, 0.2) is 29.2 Å². The fourth-order valence-corrected chi connectivity index (χ4v) is 4.63. The van der Waals surface area contributed by atoms with Crippen LogP contribution in [0.25, 0.3) is 0 Å². The summed E-state index contributed by atoms with van der Waals surface area (Å²) in [5.41, 5.74) is 0.480. The summed E-state index contributed by atoms with van der Waals surface area (Å²) < 4.78 is 27.5. The Kier molecular flexibility index (Phi) is 3.92. The van der Waals surface area contributed by atoms with Crippen LogP contribution in [-0.4, -0.2) is 37.4 Å². The van der Waals surface area contributed by atoms with Gasteiger partial charge in [-0.1, -0.05) is 6.07 Å². The molecule has 3 aliphatic carbocycles. The molecule has 130 valence electrons. The largest absolute Gasteiger partial charge is 0.333 e. The molecule has 0 aliphatic heterocycles. The van der Waals surface area contributed by atoms with Gasteiger partial charge in [-0.25, -0.2) is 13.1 Å². The molecule has 1 aromatic rings. The summed E-state index contributed by atoms with van der Waals surface area (Å²) in [6.45, 7) is 2.13. The number of benzene rings is 1. The minimum absolute atomic E-state index is 0.0274. The lowest BCUT2D eigenvalue weighted by Crippen LogP contribution is -2.41. The first-order valence-electron chi connectivity index (χ1n) is 8.91. The van der Waals surface area contributed by atoms with Gasteiger partial charge in [0.1, 0.15) is 0 Å². The number of rotatable bonds is 7. The van der Waals surface area contributed by atoms with Gasteiger partial charge in [0.15, 0.2) is 0 Å². The van der Waals surface area contributed by atoms with Crippen molar-refractivity contribution in [2.24, 2.45) is 5.92 Å². The third-order valence-electron chi connectivity index (χ3n) is 5.21. The van der Waals surface area contributed by atoms with Crippen LogP contribution in [0.5, 0.6) is 0 Å². The van der Waals surface area contributed by atoms with Crippen molar-refractivity contribution in [3.8, 4) is 0 Å². The van der Waals surface area contributed by atoms with Crippen molar-refractivity contribution < 1.29 is 13.2 Å². The Morgan fingerprint density at radius 3 is 2.46 bits per heavy atom. The lowest BCUT2D eigenvalue weighted by Gasteiger charge is -2.29. The van der Waals surface area contributed by atoms with E-state index in [1.54, 1.807) is 18.2 Å². The SMILES string of the molecule is CC(C1CC1)N(C(=O)c1cccc(S(=O)(=O)NC2CC2)c1)C1CC1. The van der Waals surface area contributed by atoms with Crippen molar-refractivity contribution in [3.05, 3.63) is 29.8 Å². The van der Waals surface area contributed by atoms with Crippen LogP contribution in [0, 0.1) is 5.92 Å². The van der Waals surface area contributed by atoms with E-state index in [0.29, 0.717) is 17.5 Å². The van der Waals surface area contributed by atoms with Gasteiger partial charge in [-0.2, -0.15) is 0 Å². The predicted molar refractivity (Wildman–Crippen MR) is 91.2 cm³/mol. The quantitative estimate of drug-likeness (QED) is 0.823. The lowest BCUT2D eigenvalue weighted by atomic mass is 10.1. The second-order valence-corrected chi connectivity index (χ2v) is 9.16. The van der Waals surface area contributed by atoms with Gasteiger partial charge in [-0.15, -0.1) is 0 Å². The highest BCUT2D eigenvalue weighted by molar-refractivity contribution is 7.89. The van der Waals surface area contributed by atoms with E-state index in [4.69, 9.17) is 0 Å². The highest BCUT2D eigenvalue weighted by atomic mass is 32.2. The average Bonchev–Trinajstić information content (AvgIpc) is 3.36. The van der Waals surface area contributed by atoms with Gasteiger partial charge >= 0.3 is 0 Å². The molecule has 1 aromatic carbocycles. The predicted octanol–water partition coefficient (Wildman–Crippen LogP) is 2.53. The molecular formula is C18H24N2O3S. The topological polar surface area (TPSA) is 66.5 Å². The molecule has 1 unspecified atom stereocenters. The van der Waals surface area contributed by atoms with Crippen molar-refractivity contribution in [3.63, 3.8) is 0 Å². The Balaban J connectivity index is 1.58. The molecule has 3 saturated carbocycles. The van der Waals surface area contributed by atoms with E-state index < -0.39 is 10.0 Å². The summed E-state index contributed by atoms with van der Waals surface area (Å²) in [5, 5.41) is 0. The van der Waals surface area contributed by atoms with Crippen molar-refractivity contribution in [2.75, 3.05) is 0 Å². The number of sulfonamides is 1. The summed E-state index contributed by atoms with van der Waals surface area (Å²) in [5.74, 6) is 0.582. The Morgan fingerprint density at radius 1 is 1.17 bits per heavy atom. The number of nitrogens with one attached hydrogen (secondary N) is 1. The minimum atomic E-state index is -3.53. The number of carbonyl (C=O) groups is 1. The van der Waals surface area contributed by atoms with E-state index >= 15 is 0 Å². The van der Waals surface area contributed by atoms with Crippen LogP contribution in [0.1, 0.15) is 55.8 Å². The number of carbonyl (C=O) groups excluding carboxylic acids is 1. The molecule has 0 heterocycles. The Labute approximate surface area is 143 Å². The molecule has 0 radical (unpaired) electrons. The molecule has 1 N–H and O–H groups in total. The monoisotopic (exact) mass is 348 g/mol. The first-order valence-corrected chi connectivity index (χ1v) is 10.4. The Hall–Kier alpha value is -1.40. The second kappa shape index (κ2) is 5.85. The maximum absolute atomic E-state index is 13.0. The number of hydrogen-bond donors (Lipinski definition) is 1. The summed E-state index contributed by atoms with van der Waals surface area (Å²) in [6.07, 6.45) is 6.29. The highest BCUT2D eigenvalue weighted by Crippen LogP contribution is 2.40. The molecule has 3 aliphatic rings. The lowest BCUT2D eigenvalue weighted by molar-refractivity contribution is 0.0654. The van der Waals surface area contributed by atoms with Gasteiger partial charge < -0.3 is 4.90 Å². The average molecular weight is 348 g/mol. The molecule has 5 nitrogen and oxygen atoms in total. The van der Waals surface area contributed by atoms with Crippen LogP contribution >= 0.6 is 0 Å². The zero-order chi connectivity index (χ0) is 16.9. The molecule has 3 fully saturated rings. The zero-order valence-electron chi connectivity index (χ0n) is 13.9. The molecule has 6 heteroatoms. The standard InChI is InChI=1S/C18H24N2O3S/c1-12(13-5-6-13)20(16-9-10-16)18(21)14-3-2-4-17(11-14)24(22,23)19-15-7-8-15/h2-4,11-13,15-16,19H,5-10H2,1H3. The number of amides is 1. The fourth-order valence-electron chi connectivity index (χ4n) is 3.28. The van der Waals surface area contributed by atoms with E-state index in [1.807, 2.05) is 4.90 Å². The van der Waals surface area contributed by atoms with Gasteiger partial charge in [-0.3, -0.25) is 4.79 Å². The normalized spacial score (nSPS) is 22.2. The summed E-state index contributed by atoms with van der Waals surface area (Å²) in [4.78, 5) is 15.2. The van der Waals surface area contributed by atoms with Crippen LogP contribution in [0.4, 0.5) is 0 Å². The second-order valence-electron chi connectivity index (χ2n) is 7.45. The first kappa shape index (κ1) is 16.1. The van der Waals surface area contributed by atoms with Crippen molar-refractivity contribution in [2.45, 2.75) is 68.5 Å². The molecule has 0 bridgehead atoms. The molecule has 1 amide bonds. The molecule has 4 rings (SSSR count). The van der Waals surface area contributed by atoms with Gasteiger partial charge in [0.25, 0.3) is 5.91 Å². The van der Waals surface area contributed by atoms with Crippen LogP contribution in [-0.2, 0) is 10.0 Å². The first-order chi connectivity index (χ1) is 11.5. The number of hydrogen-bond acceptors (Lipinski definition) is 3. The van der Waals surface area contributed by atoms with Crippen molar-refractivity contribution in [1.29, 1.82) is 0 Å². The van der Waals surface area contributed by atoms with Crippen molar-refractivity contribution in [1.82, 2.24) is 9.62 Å². The van der Waals surface area contributed by atoms with Crippen LogP contribution in [0.3, 0.4) is 0 Å². The molecule has 1 atom stereocenters. The fraction of sp³-hybridized carbons (Fsp3) is 0.611. The maximum atomic E-state index is 13.0. The van der Waals surface area contributed by atoms with E-state index in [0.717, 1.165) is 25.7 Å². The molecule has 0 spiro atoms. The molecule has 24 heavy (non-hydrogen) atoms. The minimum Gasteiger partial charge on any atom is -0.333 e. The summed E-state index contributed by atoms with van der Waals surface area (Å²) in [6, 6.07) is 7.13. The Bertz CT molecular complexity index is 749. The molecule has 0 saturated heterocycles. The molecular weight excluding hydrogens is 324 g/mol. The van der Waals surface area contributed by atoms with Gasteiger partial charge in [0, 0.05) is 23.7 Å². The number of nitrogens with zero attached hydrogens (tertiary/aromatic N) is 1. The highest BCUT2D eigenvalue weighted by Gasteiger charge is 2.42. The van der Waals surface area contributed by atoms with E-state index in [2.05, 4.69) is 11.6 Å². The van der Waals surface area contributed by atoms with Crippen LogP contribution in [0.2, 0.25) is 0 Å². The third kappa shape index (κ3) is 3.35. The third-order valence-corrected chi connectivity index (χ3v) is 6.73. The van der Waals surface area contributed by atoms with Crippen molar-refractivity contribution >= 4 is 15.9 Å². The van der Waals surface area contributed by atoms with E-state index in [9.17, 15) is 13.2 Å². The Morgan fingerprint density at radius 2 is 1.88 bits per heavy atom. The maximum Gasteiger partial charge on any atom is 0.254 e. The van der Waals surface area contributed by atoms with Crippen LogP contribution < -0.4 is 4.72 Å². The van der Waals surface area contributed by atoms with Gasteiger partial charge in [0.05, 0.1) is 4.90 Å². The smallest absolute Gasteiger partial charge is 0.254 e. The van der Waals surface area contributed by atoms with Gasteiger partial charge in [-0.05, 0) is 69.6 Å².